The van der Waals surface area contributed by atoms with Crippen LogP contribution < -0.4 is 5.48 Å². The Morgan fingerprint density at radius 2 is 2.04 bits per heavy atom. The maximum Gasteiger partial charge on any atom is 0.303 e. The molecule has 0 aliphatic heterocycles. The largest absolute Gasteiger partial charge is 0.481 e. The smallest absolute Gasteiger partial charge is 0.303 e. The van der Waals surface area contributed by atoms with Crippen LogP contribution in [0.25, 0.3) is 0 Å². The van der Waals surface area contributed by atoms with Gasteiger partial charge in [-0.3, -0.25) is 4.79 Å². The molecule has 5 atom stereocenters. The molecule has 26 heavy (non-hydrogen) atoms. The molecule has 150 valence electrons. The maximum atomic E-state index is 10.5. The summed E-state index contributed by atoms with van der Waals surface area (Å²) in [5, 5.41) is 38.4. The van der Waals surface area contributed by atoms with E-state index in [4.69, 9.17) is 5.11 Å². The summed E-state index contributed by atoms with van der Waals surface area (Å²) < 4.78 is 0. The SMILES string of the molecule is CCCCC[C@H](O)/C=C/[C@H]1C(NO)C[C@H](O)[C@@H]1C/C=C\CCCC(=O)O. The highest BCUT2D eigenvalue weighted by Crippen LogP contribution is 2.36. The van der Waals surface area contributed by atoms with Crippen LogP contribution in [0.4, 0.5) is 0 Å². The van der Waals surface area contributed by atoms with Crippen LogP contribution in [-0.4, -0.2) is 44.7 Å². The molecule has 0 spiro atoms. The van der Waals surface area contributed by atoms with Crippen molar-refractivity contribution in [3.8, 4) is 0 Å². The number of unbranched alkanes of at least 4 members (excludes halogenated alkanes) is 3. The number of aliphatic hydroxyl groups is 2. The molecule has 1 unspecified atom stereocenters. The lowest BCUT2D eigenvalue weighted by Crippen LogP contribution is -2.30. The molecular weight excluding hydrogens is 334 g/mol. The monoisotopic (exact) mass is 369 g/mol. The van der Waals surface area contributed by atoms with Gasteiger partial charge in [0.25, 0.3) is 0 Å². The lowest BCUT2D eigenvalue weighted by atomic mass is 9.89. The second kappa shape index (κ2) is 13.0. The number of nitrogens with one attached hydrogen (secondary N) is 1. The number of aliphatic hydroxyl groups excluding tert-OH is 2. The number of carboxylic acid groups (broad SMARTS) is 1. The highest BCUT2D eigenvalue weighted by atomic mass is 16.5. The lowest BCUT2D eigenvalue weighted by Gasteiger charge is -2.21. The first-order chi connectivity index (χ1) is 12.5. The van der Waals surface area contributed by atoms with Gasteiger partial charge in [-0.05, 0) is 38.0 Å². The number of hydrogen-bond donors (Lipinski definition) is 5. The van der Waals surface area contributed by atoms with Crippen molar-refractivity contribution in [1.29, 1.82) is 0 Å². The standard InChI is InChI=1S/C20H35NO5/c1-2-3-6-9-15(22)12-13-16-17(19(23)14-18(16)21-26)10-7-4-5-8-11-20(24)25/h4,7,12-13,15-19,21-23,26H,2-3,5-6,8-11,14H2,1H3,(H,24,25)/b7-4-,13-12+/t15-,16+,17+,18?,19-/m0/s1. The Labute approximate surface area is 156 Å². The third-order valence-electron chi connectivity index (χ3n) is 5.11. The van der Waals surface area contributed by atoms with Gasteiger partial charge in [-0.15, -0.1) is 0 Å². The van der Waals surface area contributed by atoms with E-state index in [0.717, 1.165) is 25.7 Å². The molecule has 6 heteroatoms. The van der Waals surface area contributed by atoms with Gasteiger partial charge in [0.05, 0.1) is 12.2 Å². The van der Waals surface area contributed by atoms with Crippen LogP contribution in [0.1, 0.15) is 64.7 Å². The Kier molecular flexibility index (Phi) is 11.4. The van der Waals surface area contributed by atoms with E-state index in [1.165, 1.54) is 0 Å². The van der Waals surface area contributed by atoms with Crippen LogP contribution in [0.5, 0.6) is 0 Å². The van der Waals surface area contributed by atoms with Gasteiger partial charge in [-0.1, -0.05) is 50.5 Å². The fourth-order valence-electron chi connectivity index (χ4n) is 3.58. The average Bonchev–Trinajstić information content (AvgIpc) is 2.91. The van der Waals surface area contributed by atoms with Gasteiger partial charge in [-0.25, -0.2) is 5.48 Å². The van der Waals surface area contributed by atoms with Crippen LogP contribution in [0.15, 0.2) is 24.3 Å². The van der Waals surface area contributed by atoms with Crippen molar-refractivity contribution in [2.45, 2.75) is 83.0 Å². The Balaban J connectivity index is 2.54. The molecule has 1 aliphatic rings. The van der Waals surface area contributed by atoms with E-state index in [2.05, 4.69) is 12.4 Å². The Morgan fingerprint density at radius 3 is 2.69 bits per heavy atom. The third-order valence-corrected chi connectivity index (χ3v) is 5.11. The summed E-state index contributed by atoms with van der Waals surface area (Å²) in [4.78, 5) is 10.5. The van der Waals surface area contributed by atoms with Gasteiger partial charge in [0.15, 0.2) is 0 Å². The minimum atomic E-state index is -0.788. The molecule has 0 aromatic carbocycles. The van der Waals surface area contributed by atoms with Crippen LogP contribution in [0.2, 0.25) is 0 Å². The summed E-state index contributed by atoms with van der Waals surface area (Å²) in [6.07, 6.45) is 13.1. The molecule has 1 aliphatic carbocycles. The van der Waals surface area contributed by atoms with Gasteiger partial charge in [0, 0.05) is 18.4 Å². The predicted octanol–water partition coefficient (Wildman–Crippen LogP) is 3.03. The molecule has 5 N–H and O–H groups in total. The Morgan fingerprint density at radius 1 is 1.27 bits per heavy atom. The zero-order valence-corrected chi connectivity index (χ0v) is 15.8. The summed E-state index contributed by atoms with van der Waals surface area (Å²) in [6, 6.07) is -0.227. The summed E-state index contributed by atoms with van der Waals surface area (Å²) in [6.45, 7) is 2.12. The molecule has 0 radical (unpaired) electrons. The molecule has 0 amide bonds. The number of aliphatic carboxylic acids is 1. The normalized spacial score (nSPS) is 27.5. The van der Waals surface area contributed by atoms with Gasteiger partial charge in [-0.2, -0.15) is 0 Å². The molecule has 1 saturated carbocycles. The maximum absolute atomic E-state index is 10.5. The minimum absolute atomic E-state index is 0.0329. The first kappa shape index (κ1) is 22.8. The van der Waals surface area contributed by atoms with E-state index in [0.29, 0.717) is 25.7 Å². The van der Waals surface area contributed by atoms with Crippen molar-refractivity contribution in [3.63, 3.8) is 0 Å². The van der Waals surface area contributed by atoms with Gasteiger partial charge in [0.1, 0.15) is 0 Å². The second-order valence-corrected chi connectivity index (χ2v) is 7.22. The number of rotatable bonds is 13. The molecule has 6 nitrogen and oxygen atoms in total. The van der Waals surface area contributed by atoms with E-state index in [1.807, 2.05) is 18.2 Å². The van der Waals surface area contributed by atoms with E-state index in [9.17, 15) is 20.2 Å². The van der Waals surface area contributed by atoms with Crippen LogP contribution in [-0.2, 0) is 4.79 Å². The van der Waals surface area contributed by atoms with Crippen LogP contribution >= 0.6 is 0 Å². The molecular formula is C20H35NO5. The van der Waals surface area contributed by atoms with Crippen molar-refractivity contribution >= 4 is 5.97 Å². The first-order valence-electron chi connectivity index (χ1n) is 9.80. The van der Waals surface area contributed by atoms with Crippen molar-refractivity contribution in [2.75, 3.05) is 0 Å². The summed E-state index contributed by atoms with van der Waals surface area (Å²) in [7, 11) is 0. The van der Waals surface area contributed by atoms with Crippen LogP contribution in [0, 0.1) is 11.8 Å². The van der Waals surface area contributed by atoms with E-state index in [1.54, 1.807) is 6.08 Å². The fourth-order valence-corrected chi connectivity index (χ4v) is 3.58. The molecule has 0 bridgehead atoms. The molecule has 1 fully saturated rings. The number of carbonyl (C=O) groups is 1. The van der Waals surface area contributed by atoms with E-state index < -0.39 is 18.2 Å². The van der Waals surface area contributed by atoms with E-state index in [-0.39, 0.29) is 24.3 Å². The van der Waals surface area contributed by atoms with Crippen molar-refractivity contribution in [1.82, 2.24) is 5.48 Å². The summed E-state index contributed by atoms with van der Waals surface area (Å²) in [5.74, 6) is -0.877. The van der Waals surface area contributed by atoms with Gasteiger partial charge in [0.2, 0.25) is 0 Å². The summed E-state index contributed by atoms with van der Waals surface area (Å²) in [5.41, 5.74) is 2.29. The van der Waals surface area contributed by atoms with Gasteiger partial charge < -0.3 is 20.5 Å². The highest BCUT2D eigenvalue weighted by Gasteiger charge is 2.40. The minimum Gasteiger partial charge on any atom is -0.481 e. The number of hydroxylamine groups is 1. The molecule has 0 saturated heterocycles. The zero-order chi connectivity index (χ0) is 19.4. The predicted molar refractivity (Wildman–Crippen MR) is 101 cm³/mol. The molecule has 0 heterocycles. The number of allylic oxidation sites excluding steroid dienone is 2. The van der Waals surface area contributed by atoms with Gasteiger partial charge >= 0.3 is 5.97 Å². The van der Waals surface area contributed by atoms with Crippen molar-refractivity contribution in [3.05, 3.63) is 24.3 Å². The van der Waals surface area contributed by atoms with Crippen molar-refractivity contribution in [2.24, 2.45) is 11.8 Å². The second-order valence-electron chi connectivity index (χ2n) is 7.22. The summed E-state index contributed by atoms with van der Waals surface area (Å²) >= 11 is 0. The Bertz CT molecular complexity index is 451. The van der Waals surface area contributed by atoms with Crippen LogP contribution in [0.3, 0.4) is 0 Å². The molecule has 0 aromatic heterocycles. The topological polar surface area (TPSA) is 110 Å². The zero-order valence-electron chi connectivity index (χ0n) is 15.8. The van der Waals surface area contributed by atoms with E-state index >= 15 is 0 Å². The lowest BCUT2D eigenvalue weighted by molar-refractivity contribution is -0.137. The third kappa shape index (κ3) is 8.45. The van der Waals surface area contributed by atoms with Crippen molar-refractivity contribution < 1.29 is 25.3 Å². The number of carboxylic acids is 1. The quantitative estimate of drug-likeness (QED) is 0.194. The average molecular weight is 370 g/mol. The fraction of sp³-hybridized carbons (Fsp3) is 0.750. The Hall–Kier alpha value is -1.21. The number of hydrogen-bond acceptors (Lipinski definition) is 5. The molecule has 0 aromatic rings. The molecule has 1 rings (SSSR count). The highest BCUT2D eigenvalue weighted by molar-refractivity contribution is 5.66. The first-order valence-corrected chi connectivity index (χ1v) is 9.80.